The van der Waals surface area contributed by atoms with Crippen LogP contribution in [0.2, 0.25) is 0 Å². The molecule has 0 spiro atoms. The molecule has 3 rings (SSSR count). The smallest absolute Gasteiger partial charge is 0.124 e. The number of ether oxygens (including phenoxy) is 1. The van der Waals surface area contributed by atoms with Gasteiger partial charge >= 0.3 is 0 Å². The van der Waals surface area contributed by atoms with Gasteiger partial charge in [0.15, 0.2) is 0 Å². The molecule has 4 atom stereocenters. The zero-order chi connectivity index (χ0) is 14.7. The molecule has 0 heterocycles. The number of benzene rings is 1. The molecule has 0 amide bonds. The molecule has 1 aromatic carbocycles. The van der Waals surface area contributed by atoms with Gasteiger partial charge in [0, 0.05) is 11.6 Å². The van der Waals surface area contributed by atoms with Gasteiger partial charge in [-0.3, -0.25) is 11.3 Å². The predicted molar refractivity (Wildman–Crippen MR) is 85.8 cm³/mol. The third-order valence-corrected chi connectivity index (χ3v) is 5.38. The summed E-state index contributed by atoms with van der Waals surface area (Å²) < 4.78 is 5.90. The Balaban J connectivity index is 1.70. The fourth-order valence-electron chi connectivity index (χ4n) is 4.36. The molecule has 3 N–H and O–H groups in total. The largest absolute Gasteiger partial charge is 0.493 e. The van der Waals surface area contributed by atoms with Crippen LogP contribution in [0.25, 0.3) is 0 Å². The summed E-state index contributed by atoms with van der Waals surface area (Å²) in [6.45, 7) is 2.90. The normalized spacial score (nSPS) is 28.8. The van der Waals surface area contributed by atoms with E-state index in [0.717, 1.165) is 43.0 Å². The van der Waals surface area contributed by atoms with Gasteiger partial charge in [-0.1, -0.05) is 31.5 Å². The maximum Gasteiger partial charge on any atom is 0.124 e. The lowest BCUT2D eigenvalue weighted by atomic mass is 9.83. The Morgan fingerprint density at radius 2 is 2.14 bits per heavy atom. The lowest BCUT2D eigenvalue weighted by Gasteiger charge is -2.27. The molecule has 116 valence electrons. The first-order valence-electron chi connectivity index (χ1n) is 8.49. The summed E-state index contributed by atoms with van der Waals surface area (Å²) in [5, 5.41) is 0. The molecular formula is C18H28N2O. The molecule has 2 aliphatic rings. The van der Waals surface area contributed by atoms with Gasteiger partial charge in [-0.15, -0.1) is 0 Å². The Morgan fingerprint density at radius 3 is 2.81 bits per heavy atom. The van der Waals surface area contributed by atoms with Crippen LogP contribution < -0.4 is 16.0 Å². The number of nitrogens with two attached hydrogens (primary N) is 1. The third-order valence-electron chi connectivity index (χ3n) is 5.38. The van der Waals surface area contributed by atoms with E-state index in [1.54, 1.807) is 0 Å². The summed E-state index contributed by atoms with van der Waals surface area (Å²) in [5.74, 6) is 9.63. The van der Waals surface area contributed by atoms with Gasteiger partial charge in [0.25, 0.3) is 0 Å². The van der Waals surface area contributed by atoms with Crippen LogP contribution in [-0.4, -0.2) is 6.61 Å². The van der Waals surface area contributed by atoms with Gasteiger partial charge in [0.2, 0.25) is 0 Å². The minimum atomic E-state index is 0.211. The number of hydrazine groups is 1. The molecule has 2 aliphatic carbocycles. The van der Waals surface area contributed by atoms with Crippen LogP contribution in [0.3, 0.4) is 0 Å². The van der Waals surface area contributed by atoms with Crippen LogP contribution in [0.4, 0.5) is 0 Å². The van der Waals surface area contributed by atoms with Crippen molar-refractivity contribution >= 4 is 0 Å². The molecule has 21 heavy (non-hydrogen) atoms. The fourth-order valence-corrected chi connectivity index (χ4v) is 4.36. The highest BCUT2D eigenvalue weighted by Gasteiger charge is 2.40. The van der Waals surface area contributed by atoms with E-state index in [4.69, 9.17) is 10.6 Å². The maximum absolute atomic E-state index is 5.90. The standard InChI is InChI=1S/C18H28N2O/c1-2-9-21-18-6-4-3-5-16(18)17(20-19)12-15-11-13-7-8-14(15)10-13/h3-6,13-15,17,20H,2,7-12,19H2,1H3. The molecule has 0 saturated heterocycles. The molecule has 0 aliphatic heterocycles. The second kappa shape index (κ2) is 6.80. The molecule has 4 unspecified atom stereocenters. The molecule has 3 nitrogen and oxygen atoms in total. The number of rotatable bonds is 7. The van der Waals surface area contributed by atoms with E-state index >= 15 is 0 Å². The Labute approximate surface area is 128 Å². The summed E-state index contributed by atoms with van der Waals surface area (Å²) in [6.07, 6.45) is 7.92. The molecule has 1 aromatic rings. The van der Waals surface area contributed by atoms with E-state index in [-0.39, 0.29) is 6.04 Å². The van der Waals surface area contributed by atoms with Crippen molar-refractivity contribution in [1.82, 2.24) is 5.43 Å². The Bertz CT molecular complexity index is 462. The zero-order valence-electron chi connectivity index (χ0n) is 13.1. The second-order valence-electron chi connectivity index (χ2n) is 6.78. The van der Waals surface area contributed by atoms with E-state index in [0.29, 0.717) is 0 Å². The Hall–Kier alpha value is -1.06. The van der Waals surface area contributed by atoms with Crippen LogP contribution in [0, 0.1) is 17.8 Å². The summed E-state index contributed by atoms with van der Waals surface area (Å²) in [7, 11) is 0. The van der Waals surface area contributed by atoms with Gasteiger partial charge in [-0.25, -0.2) is 0 Å². The van der Waals surface area contributed by atoms with Crippen molar-refractivity contribution in [3.8, 4) is 5.75 Å². The highest BCUT2D eigenvalue weighted by Crippen LogP contribution is 2.51. The van der Waals surface area contributed by atoms with Gasteiger partial charge in [-0.05, 0) is 55.9 Å². The van der Waals surface area contributed by atoms with Crippen molar-refractivity contribution in [2.75, 3.05) is 6.61 Å². The van der Waals surface area contributed by atoms with Crippen LogP contribution in [0.5, 0.6) is 5.75 Å². The van der Waals surface area contributed by atoms with Gasteiger partial charge in [-0.2, -0.15) is 0 Å². The van der Waals surface area contributed by atoms with Crippen molar-refractivity contribution in [1.29, 1.82) is 0 Å². The third kappa shape index (κ3) is 3.24. The van der Waals surface area contributed by atoms with E-state index < -0.39 is 0 Å². The van der Waals surface area contributed by atoms with E-state index in [9.17, 15) is 0 Å². The van der Waals surface area contributed by atoms with E-state index in [2.05, 4.69) is 30.5 Å². The first-order chi connectivity index (χ1) is 10.3. The first kappa shape index (κ1) is 14.9. The zero-order valence-corrected chi connectivity index (χ0v) is 13.1. The minimum absolute atomic E-state index is 0.211. The summed E-state index contributed by atoms with van der Waals surface area (Å²) in [4.78, 5) is 0. The van der Waals surface area contributed by atoms with Gasteiger partial charge < -0.3 is 4.74 Å². The molecule has 3 heteroatoms. The Morgan fingerprint density at radius 1 is 1.29 bits per heavy atom. The average molecular weight is 288 g/mol. The van der Waals surface area contributed by atoms with Crippen molar-refractivity contribution in [3.05, 3.63) is 29.8 Å². The minimum Gasteiger partial charge on any atom is -0.493 e. The van der Waals surface area contributed by atoms with Gasteiger partial charge in [0.05, 0.1) is 6.61 Å². The van der Waals surface area contributed by atoms with Crippen LogP contribution in [0.15, 0.2) is 24.3 Å². The molecule has 2 fully saturated rings. The molecule has 0 aromatic heterocycles. The van der Waals surface area contributed by atoms with E-state index in [1.807, 2.05) is 6.07 Å². The summed E-state index contributed by atoms with van der Waals surface area (Å²) in [5.41, 5.74) is 4.26. The van der Waals surface area contributed by atoms with Crippen LogP contribution >= 0.6 is 0 Å². The SMILES string of the molecule is CCCOc1ccccc1C(CC1CC2CCC1C2)NN. The lowest BCUT2D eigenvalue weighted by Crippen LogP contribution is -2.31. The number of hydrogen-bond donors (Lipinski definition) is 2. The summed E-state index contributed by atoms with van der Waals surface area (Å²) >= 11 is 0. The predicted octanol–water partition coefficient (Wildman–Crippen LogP) is 3.81. The van der Waals surface area contributed by atoms with E-state index in [1.165, 1.54) is 31.2 Å². The molecule has 2 saturated carbocycles. The monoisotopic (exact) mass is 288 g/mol. The quantitative estimate of drug-likeness (QED) is 0.592. The highest BCUT2D eigenvalue weighted by atomic mass is 16.5. The first-order valence-corrected chi connectivity index (χ1v) is 8.49. The van der Waals surface area contributed by atoms with Crippen molar-refractivity contribution in [3.63, 3.8) is 0 Å². The second-order valence-corrected chi connectivity index (χ2v) is 6.78. The fraction of sp³-hybridized carbons (Fsp3) is 0.667. The van der Waals surface area contributed by atoms with Crippen molar-refractivity contribution in [2.24, 2.45) is 23.6 Å². The number of para-hydroxylation sites is 1. The average Bonchev–Trinajstić information content (AvgIpc) is 3.13. The van der Waals surface area contributed by atoms with Crippen molar-refractivity contribution in [2.45, 2.75) is 51.5 Å². The topological polar surface area (TPSA) is 47.3 Å². The lowest BCUT2D eigenvalue weighted by molar-refractivity contribution is 0.270. The van der Waals surface area contributed by atoms with Gasteiger partial charge in [0.1, 0.15) is 5.75 Å². The van der Waals surface area contributed by atoms with Crippen LogP contribution in [0.1, 0.15) is 57.1 Å². The molecular weight excluding hydrogens is 260 g/mol. The number of fused-ring (bicyclic) bond motifs is 2. The molecule has 2 bridgehead atoms. The maximum atomic E-state index is 5.90. The summed E-state index contributed by atoms with van der Waals surface area (Å²) in [6, 6.07) is 8.56. The number of hydrogen-bond acceptors (Lipinski definition) is 3. The van der Waals surface area contributed by atoms with Crippen LogP contribution in [-0.2, 0) is 0 Å². The number of nitrogens with one attached hydrogen (secondary N) is 1. The highest BCUT2D eigenvalue weighted by molar-refractivity contribution is 5.36. The Kier molecular flexibility index (Phi) is 4.81. The molecule has 0 radical (unpaired) electrons. The van der Waals surface area contributed by atoms with Crippen molar-refractivity contribution < 1.29 is 4.74 Å².